The predicted octanol–water partition coefficient (Wildman–Crippen LogP) is 4.04. The Morgan fingerprint density at radius 3 is 2.58 bits per heavy atom. The molecule has 0 aliphatic heterocycles. The number of Topliss-reactive ketones (excluding diaryl/α,β-unsaturated/α-hetero) is 1. The Labute approximate surface area is 116 Å². The average molecular weight is 274 g/mol. The fourth-order valence-electron chi connectivity index (χ4n) is 1.75. The van der Waals surface area contributed by atoms with Crippen molar-refractivity contribution in [2.75, 3.05) is 5.75 Å². The van der Waals surface area contributed by atoms with E-state index in [0.29, 0.717) is 12.2 Å². The van der Waals surface area contributed by atoms with Gasteiger partial charge in [-0.25, -0.2) is 4.39 Å². The van der Waals surface area contributed by atoms with Gasteiger partial charge in [-0.15, -0.1) is 11.8 Å². The Morgan fingerprint density at radius 1 is 1.16 bits per heavy atom. The molecular weight excluding hydrogens is 259 g/mol. The number of carbonyl (C=O) groups excluding carboxylic acids is 1. The van der Waals surface area contributed by atoms with Crippen LogP contribution in [0.1, 0.15) is 11.1 Å². The second kappa shape index (κ2) is 6.53. The van der Waals surface area contributed by atoms with Gasteiger partial charge in [0.05, 0.1) is 5.75 Å². The van der Waals surface area contributed by atoms with Gasteiger partial charge in [0.25, 0.3) is 0 Å². The molecule has 0 heterocycles. The zero-order valence-electron chi connectivity index (χ0n) is 10.7. The van der Waals surface area contributed by atoms with E-state index < -0.39 is 0 Å². The molecule has 0 atom stereocenters. The number of thioether (sulfide) groups is 1. The van der Waals surface area contributed by atoms with Crippen molar-refractivity contribution < 1.29 is 9.18 Å². The summed E-state index contributed by atoms with van der Waals surface area (Å²) < 4.78 is 12.7. The van der Waals surface area contributed by atoms with Gasteiger partial charge in [-0.05, 0) is 36.8 Å². The highest BCUT2D eigenvalue weighted by Crippen LogP contribution is 2.19. The van der Waals surface area contributed by atoms with Crippen LogP contribution in [0.4, 0.5) is 4.39 Å². The summed E-state index contributed by atoms with van der Waals surface area (Å²) in [5.74, 6) is 0.323. The zero-order valence-corrected chi connectivity index (χ0v) is 11.5. The van der Waals surface area contributed by atoms with E-state index in [1.807, 2.05) is 25.1 Å². The van der Waals surface area contributed by atoms with Crippen molar-refractivity contribution in [3.63, 3.8) is 0 Å². The maximum atomic E-state index is 12.7. The summed E-state index contributed by atoms with van der Waals surface area (Å²) in [7, 11) is 0. The van der Waals surface area contributed by atoms with Gasteiger partial charge in [0.15, 0.2) is 0 Å². The van der Waals surface area contributed by atoms with Gasteiger partial charge < -0.3 is 0 Å². The standard InChI is InChI=1S/C16H15FOS/c1-12-3-2-4-16(9-12)19-11-15(18)10-13-5-7-14(17)8-6-13/h2-9H,10-11H2,1H3. The number of halogens is 1. The smallest absolute Gasteiger partial charge is 0.147 e. The third kappa shape index (κ3) is 4.52. The molecule has 0 aliphatic rings. The van der Waals surface area contributed by atoms with Crippen molar-refractivity contribution in [1.29, 1.82) is 0 Å². The minimum atomic E-state index is -0.273. The lowest BCUT2D eigenvalue weighted by Crippen LogP contribution is -2.05. The monoisotopic (exact) mass is 274 g/mol. The molecule has 98 valence electrons. The lowest BCUT2D eigenvalue weighted by Gasteiger charge is -2.03. The first-order chi connectivity index (χ1) is 9.13. The molecule has 0 fully saturated rings. The Bertz CT molecular complexity index is 563. The molecular formula is C16H15FOS. The lowest BCUT2D eigenvalue weighted by molar-refractivity contribution is -0.116. The van der Waals surface area contributed by atoms with Crippen LogP contribution in [0, 0.1) is 12.7 Å². The third-order valence-corrected chi connectivity index (χ3v) is 3.76. The molecule has 0 N–H and O–H groups in total. The van der Waals surface area contributed by atoms with Crippen LogP contribution in [-0.2, 0) is 11.2 Å². The van der Waals surface area contributed by atoms with E-state index in [0.717, 1.165) is 10.5 Å². The van der Waals surface area contributed by atoms with Crippen LogP contribution in [0.2, 0.25) is 0 Å². The topological polar surface area (TPSA) is 17.1 Å². The van der Waals surface area contributed by atoms with E-state index in [2.05, 4.69) is 6.07 Å². The maximum Gasteiger partial charge on any atom is 0.147 e. The summed E-state index contributed by atoms with van der Waals surface area (Å²) in [6, 6.07) is 14.2. The minimum absolute atomic E-state index is 0.151. The molecule has 2 aromatic carbocycles. The molecule has 0 aliphatic carbocycles. The van der Waals surface area contributed by atoms with Gasteiger partial charge in [0.1, 0.15) is 11.6 Å². The molecule has 0 aromatic heterocycles. The Hall–Kier alpha value is -1.61. The molecule has 0 saturated heterocycles. The third-order valence-electron chi connectivity index (χ3n) is 2.70. The van der Waals surface area contributed by atoms with Gasteiger partial charge in [-0.2, -0.15) is 0 Å². The van der Waals surface area contributed by atoms with Crippen molar-refractivity contribution >= 4 is 17.5 Å². The van der Waals surface area contributed by atoms with Crippen LogP contribution in [0.25, 0.3) is 0 Å². The molecule has 0 saturated carbocycles. The highest BCUT2D eigenvalue weighted by molar-refractivity contribution is 8.00. The molecule has 2 rings (SSSR count). The van der Waals surface area contributed by atoms with Gasteiger partial charge in [-0.3, -0.25) is 4.79 Å². The number of rotatable bonds is 5. The fraction of sp³-hybridized carbons (Fsp3) is 0.188. The van der Waals surface area contributed by atoms with Crippen LogP contribution < -0.4 is 0 Å². The van der Waals surface area contributed by atoms with Crippen molar-refractivity contribution in [3.05, 3.63) is 65.5 Å². The zero-order chi connectivity index (χ0) is 13.7. The summed E-state index contributed by atoms with van der Waals surface area (Å²) in [4.78, 5) is 12.9. The van der Waals surface area contributed by atoms with Gasteiger partial charge in [0, 0.05) is 11.3 Å². The SMILES string of the molecule is Cc1cccc(SCC(=O)Cc2ccc(F)cc2)c1. The first-order valence-corrected chi connectivity index (χ1v) is 7.07. The summed E-state index contributed by atoms with van der Waals surface area (Å²) in [5.41, 5.74) is 2.05. The molecule has 0 radical (unpaired) electrons. The van der Waals surface area contributed by atoms with Crippen LogP contribution in [0.15, 0.2) is 53.4 Å². The molecule has 0 unspecified atom stereocenters. The van der Waals surface area contributed by atoms with E-state index in [1.165, 1.54) is 17.7 Å². The van der Waals surface area contributed by atoms with Crippen LogP contribution in [0.3, 0.4) is 0 Å². The highest BCUT2D eigenvalue weighted by atomic mass is 32.2. The van der Waals surface area contributed by atoms with Crippen molar-refractivity contribution in [3.8, 4) is 0 Å². The predicted molar refractivity (Wildman–Crippen MR) is 77.0 cm³/mol. The molecule has 2 aromatic rings. The highest BCUT2D eigenvalue weighted by Gasteiger charge is 2.05. The number of benzene rings is 2. The maximum absolute atomic E-state index is 12.7. The Morgan fingerprint density at radius 2 is 1.89 bits per heavy atom. The van der Waals surface area contributed by atoms with Crippen molar-refractivity contribution in [2.24, 2.45) is 0 Å². The quantitative estimate of drug-likeness (QED) is 0.765. The number of carbonyl (C=O) groups is 1. The minimum Gasteiger partial charge on any atom is -0.298 e. The lowest BCUT2D eigenvalue weighted by atomic mass is 10.1. The van der Waals surface area contributed by atoms with Gasteiger partial charge >= 0.3 is 0 Å². The Balaban J connectivity index is 1.86. The second-order valence-electron chi connectivity index (χ2n) is 4.45. The van der Waals surface area contributed by atoms with Crippen LogP contribution in [-0.4, -0.2) is 11.5 Å². The summed E-state index contributed by atoms with van der Waals surface area (Å²) >= 11 is 1.54. The van der Waals surface area contributed by atoms with Gasteiger partial charge in [0.2, 0.25) is 0 Å². The molecule has 0 amide bonds. The second-order valence-corrected chi connectivity index (χ2v) is 5.50. The van der Waals surface area contributed by atoms with E-state index in [-0.39, 0.29) is 11.6 Å². The van der Waals surface area contributed by atoms with E-state index in [9.17, 15) is 9.18 Å². The van der Waals surface area contributed by atoms with E-state index in [1.54, 1.807) is 23.9 Å². The Kier molecular flexibility index (Phi) is 4.74. The molecule has 19 heavy (non-hydrogen) atoms. The molecule has 1 nitrogen and oxygen atoms in total. The van der Waals surface area contributed by atoms with Crippen molar-refractivity contribution in [1.82, 2.24) is 0 Å². The number of hydrogen-bond donors (Lipinski definition) is 0. The largest absolute Gasteiger partial charge is 0.298 e. The van der Waals surface area contributed by atoms with Crippen molar-refractivity contribution in [2.45, 2.75) is 18.2 Å². The van der Waals surface area contributed by atoms with Crippen LogP contribution in [0.5, 0.6) is 0 Å². The molecule has 0 bridgehead atoms. The fourth-order valence-corrected chi connectivity index (χ4v) is 2.62. The van der Waals surface area contributed by atoms with E-state index in [4.69, 9.17) is 0 Å². The first kappa shape index (κ1) is 13.8. The summed E-state index contributed by atoms with van der Waals surface area (Å²) in [5, 5.41) is 0. The van der Waals surface area contributed by atoms with Gasteiger partial charge in [-0.1, -0.05) is 29.8 Å². The normalized spacial score (nSPS) is 10.4. The van der Waals surface area contributed by atoms with Crippen LogP contribution >= 0.6 is 11.8 Å². The average Bonchev–Trinajstić information content (AvgIpc) is 2.39. The number of aryl methyl sites for hydroxylation is 1. The molecule has 3 heteroatoms. The first-order valence-electron chi connectivity index (χ1n) is 6.09. The summed E-state index contributed by atoms with van der Waals surface area (Å²) in [6.45, 7) is 2.03. The number of ketones is 1. The summed E-state index contributed by atoms with van der Waals surface area (Å²) in [6.07, 6.45) is 0.360. The molecule has 0 spiro atoms. The number of hydrogen-bond acceptors (Lipinski definition) is 2. The van der Waals surface area contributed by atoms with E-state index >= 15 is 0 Å².